The number of aromatic nitrogens is 1. The van der Waals surface area contributed by atoms with Gasteiger partial charge in [0.05, 0.1) is 11.9 Å². The minimum atomic E-state index is -0.228. The van der Waals surface area contributed by atoms with E-state index in [1.807, 2.05) is 6.92 Å². The van der Waals surface area contributed by atoms with E-state index in [-0.39, 0.29) is 24.0 Å². The van der Waals surface area contributed by atoms with Crippen molar-refractivity contribution < 1.29 is 14.7 Å². The number of nitrogens with zero attached hydrogens (tertiary/aromatic N) is 1. The molecule has 0 aliphatic heterocycles. The molecule has 0 spiro atoms. The third-order valence-corrected chi connectivity index (χ3v) is 5.02. The predicted octanol–water partition coefficient (Wildman–Crippen LogP) is 4.46. The Bertz CT molecular complexity index is 1040. The maximum absolute atomic E-state index is 13.2. The van der Waals surface area contributed by atoms with Crippen LogP contribution in [0.3, 0.4) is 0 Å². The van der Waals surface area contributed by atoms with E-state index in [1.54, 1.807) is 41.0 Å². The van der Waals surface area contributed by atoms with E-state index < -0.39 is 0 Å². The molecule has 1 heterocycles. The van der Waals surface area contributed by atoms with Crippen molar-refractivity contribution in [3.05, 3.63) is 64.3 Å². The number of carbonyl (C=O) groups is 2. The number of halogens is 1. The third kappa shape index (κ3) is 4.04. The maximum Gasteiger partial charge on any atom is 0.262 e. The number of phenolic OH excluding ortho intramolecular Hbond substituents is 1. The number of fused-ring (bicyclic) bond motifs is 1. The summed E-state index contributed by atoms with van der Waals surface area (Å²) in [5.74, 6) is -0.241. The molecule has 0 bridgehead atoms. The van der Waals surface area contributed by atoms with E-state index in [9.17, 15) is 14.7 Å². The van der Waals surface area contributed by atoms with Gasteiger partial charge in [-0.25, -0.2) is 0 Å². The third-order valence-electron chi connectivity index (χ3n) is 4.78. The van der Waals surface area contributed by atoms with Gasteiger partial charge in [-0.3, -0.25) is 14.2 Å². The van der Waals surface area contributed by atoms with Crippen LogP contribution in [0.1, 0.15) is 41.4 Å². The minimum absolute atomic E-state index is 0.0903. The van der Waals surface area contributed by atoms with Gasteiger partial charge in [-0.2, -0.15) is 0 Å². The molecule has 0 saturated heterocycles. The lowest BCUT2D eigenvalue weighted by atomic mass is 10.1. The molecule has 2 N–H and O–H groups in total. The fourth-order valence-corrected chi connectivity index (χ4v) is 3.52. The Morgan fingerprint density at radius 1 is 1.18 bits per heavy atom. The van der Waals surface area contributed by atoms with Crippen LogP contribution < -0.4 is 5.32 Å². The summed E-state index contributed by atoms with van der Waals surface area (Å²) in [7, 11) is 0. The molecule has 5 nitrogen and oxygen atoms in total. The maximum atomic E-state index is 13.2. The van der Waals surface area contributed by atoms with Crippen molar-refractivity contribution in [3.8, 4) is 5.75 Å². The largest absolute Gasteiger partial charge is 0.508 e. The molecule has 6 heteroatoms. The van der Waals surface area contributed by atoms with E-state index >= 15 is 0 Å². The highest BCUT2D eigenvalue weighted by Crippen LogP contribution is 2.30. The van der Waals surface area contributed by atoms with Gasteiger partial charge in [-0.1, -0.05) is 31.0 Å². The molecule has 0 aliphatic rings. The second-order valence-electron chi connectivity index (χ2n) is 6.80. The number of unbranched alkanes of at least 4 members (excludes halogenated alkanes) is 1. The van der Waals surface area contributed by atoms with E-state index in [1.165, 1.54) is 6.07 Å². The first-order valence-corrected chi connectivity index (χ1v) is 9.70. The summed E-state index contributed by atoms with van der Waals surface area (Å²) in [5, 5.41) is 14.0. The van der Waals surface area contributed by atoms with Gasteiger partial charge in [0.25, 0.3) is 5.91 Å². The van der Waals surface area contributed by atoms with Crippen molar-refractivity contribution >= 4 is 34.3 Å². The fourth-order valence-electron chi connectivity index (χ4n) is 3.33. The van der Waals surface area contributed by atoms with E-state index in [2.05, 4.69) is 12.2 Å². The molecule has 0 atom stereocenters. The molecule has 0 unspecified atom stereocenters. The number of rotatable bonds is 6. The van der Waals surface area contributed by atoms with Crippen LogP contribution in [-0.2, 0) is 11.2 Å². The number of phenols is 1. The highest BCUT2D eigenvalue weighted by atomic mass is 35.5. The van der Waals surface area contributed by atoms with Crippen LogP contribution in [0, 0.1) is 6.92 Å². The number of aromatic hydroxyl groups is 1. The highest BCUT2D eigenvalue weighted by molar-refractivity contribution is 6.31. The van der Waals surface area contributed by atoms with Crippen molar-refractivity contribution in [1.29, 1.82) is 0 Å². The number of nitrogens with one attached hydrogen (secondary N) is 1. The van der Waals surface area contributed by atoms with Gasteiger partial charge in [0.15, 0.2) is 0 Å². The predicted molar refractivity (Wildman–Crippen MR) is 111 cm³/mol. The van der Waals surface area contributed by atoms with E-state index in [4.69, 9.17) is 11.6 Å². The molecule has 3 aromatic rings. The average Bonchev–Trinajstić information content (AvgIpc) is 2.92. The lowest BCUT2D eigenvalue weighted by molar-refractivity contribution is -0.120. The average molecular weight is 399 g/mol. The topological polar surface area (TPSA) is 71.3 Å². The molecule has 1 amide bonds. The molecule has 1 aromatic heterocycles. The standard InChI is InChI=1S/C22H23ClN2O3/c1-3-4-10-24-21(27)13-18-14(2)25(20-9-8-17(26)12-19(18)20)22(28)15-6-5-7-16(23)11-15/h5-9,11-12,26H,3-4,10,13H2,1-2H3,(H,24,27). The number of hydrogen-bond acceptors (Lipinski definition) is 3. The second-order valence-corrected chi connectivity index (χ2v) is 7.23. The zero-order chi connectivity index (χ0) is 20.3. The normalized spacial score (nSPS) is 11.0. The minimum Gasteiger partial charge on any atom is -0.508 e. The number of benzene rings is 2. The molecule has 2 aromatic carbocycles. The molecule has 28 heavy (non-hydrogen) atoms. The summed E-state index contributed by atoms with van der Waals surface area (Å²) in [4.78, 5) is 25.5. The van der Waals surface area contributed by atoms with Gasteiger partial charge in [0.2, 0.25) is 5.91 Å². The Morgan fingerprint density at radius 3 is 2.68 bits per heavy atom. The van der Waals surface area contributed by atoms with E-state index in [0.717, 1.165) is 18.4 Å². The van der Waals surface area contributed by atoms with Crippen LogP contribution in [0.4, 0.5) is 0 Å². The first-order valence-electron chi connectivity index (χ1n) is 9.32. The summed E-state index contributed by atoms with van der Waals surface area (Å²) in [6, 6.07) is 11.6. The van der Waals surface area contributed by atoms with Crippen LogP contribution in [0.2, 0.25) is 5.02 Å². The summed E-state index contributed by atoms with van der Waals surface area (Å²) >= 11 is 6.04. The van der Waals surface area contributed by atoms with Crippen molar-refractivity contribution in [2.45, 2.75) is 33.1 Å². The lowest BCUT2D eigenvalue weighted by Gasteiger charge is -2.08. The Balaban J connectivity index is 2.05. The summed E-state index contributed by atoms with van der Waals surface area (Å²) in [5.41, 5.74) is 2.52. The molecule has 146 valence electrons. The van der Waals surface area contributed by atoms with Crippen molar-refractivity contribution in [2.24, 2.45) is 0 Å². The Morgan fingerprint density at radius 2 is 1.96 bits per heavy atom. The van der Waals surface area contributed by atoms with Gasteiger partial charge >= 0.3 is 0 Å². The smallest absolute Gasteiger partial charge is 0.262 e. The zero-order valence-electron chi connectivity index (χ0n) is 16.0. The van der Waals surface area contributed by atoms with Crippen LogP contribution in [-0.4, -0.2) is 28.0 Å². The monoisotopic (exact) mass is 398 g/mol. The molecule has 0 saturated carbocycles. The molecule has 0 radical (unpaired) electrons. The molecule has 3 rings (SSSR count). The van der Waals surface area contributed by atoms with Crippen LogP contribution in [0.5, 0.6) is 5.75 Å². The summed E-state index contributed by atoms with van der Waals surface area (Å²) in [6.07, 6.45) is 2.06. The van der Waals surface area contributed by atoms with Crippen LogP contribution in [0.15, 0.2) is 42.5 Å². The van der Waals surface area contributed by atoms with Gasteiger partial charge in [0.1, 0.15) is 5.75 Å². The zero-order valence-corrected chi connectivity index (χ0v) is 16.7. The summed E-state index contributed by atoms with van der Waals surface area (Å²) < 4.78 is 1.58. The van der Waals surface area contributed by atoms with Crippen LogP contribution in [0.25, 0.3) is 10.9 Å². The van der Waals surface area contributed by atoms with Gasteiger partial charge in [-0.05, 0) is 55.3 Å². The Labute approximate surface area is 168 Å². The number of amides is 1. The fraction of sp³-hybridized carbons (Fsp3) is 0.273. The molecule has 0 fully saturated rings. The first-order chi connectivity index (χ1) is 13.4. The SMILES string of the molecule is CCCCNC(=O)Cc1c(C)n(C(=O)c2cccc(Cl)c2)c2ccc(O)cc12. The first kappa shape index (κ1) is 20.0. The van der Waals surface area contributed by atoms with Gasteiger partial charge in [0, 0.05) is 28.2 Å². The molecule has 0 aliphatic carbocycles. The van der Waals surface area contributed by atoms with E-state index in [0.29, 0.717) is 33.7 Å². The lowest BCUT2D eigenvalue weighted by Crippen LogP contribution is -2.26. The summed E-state index contributed by atoms with van der Waals surface area (Å²) in [6.45, 7) is 4.50. The van der Waals surface area contributed by atoms with Crippen molar-refractivity contribution in [1.82, 2.24) is 9.88 Å². The number of carbonyl (C=O) groups excluding carboxylic acids is 2. The quantitative estimate of drug-likeness (QED) is 0.602. The van der Waals surface area contributed by atoms with Crippen LogP contribution >= 0.6 is 11.6 Å². The van der Waals surface area contributed by atoms with Crippen molar-refractivity contribution in [3.63, 3.8) is 0 Å². The van der Waals surface area contributed by atoms with Crippen molar-refractivity contribution in [2.75, 3.05) is 6.54 Å². The molecular formula is C22H23ClN2O3. The van der Waals surface area contributed by atoms with Gasteiger partial charge < -0.3 is 10.4 Å². The molecular weight excluding hydrogens is 376 g/mol. The Hall–Kier alpha value is -2.79. The highest BCUT2D eigenvalue weighted by Gasteiger charge is 2.21. The Kier molecular flexibility index (Phi) is 6.05. The second kappa shape index (κ2) is 8.48. The number of hydrogen-bond donors (Lipinski definition) is 2. The van der Waals surface area contributed by atoms with Gasteiger partial charge in [-0.15, -0.1) is 0 Å².